The summed E-state index contributed by atoms with van der Waals surface area (Å²) in [6.07, 6.45) is 1.34. The normalized spacial score (nSPS) is 10.4. The largest absolute Gasteiger partial charge is 0.493 e. The molecule has 3 rings (SSSR count). The molecule has 0 radical (unpaired) electrons. The molecule has 0 aliphatic heterocycles. The van der Waals surface area contributed by atoms with Crippen LogP contribution in [0.2, 0.25) is 5.02 Å². The first-order valence-electron chi connectivity index (χ1n) is 8.82. The van der Waals surface area contributed by atoms with Gasteiger partial charge in [0, 0.05) is 28.9 Å². The van der Waals surface area contributed by atoms with Gasteiger partial charge in [-0.15, -0.1) is 0 Å². The number of carbonyl (C=O) groups excluding carboxylic acids is 1. The van der Waals surface area contributed by atoms with Crippen molar-refractivity contribution in [2.45, 2.75) is 13.0 Å². The Morgan fingerprint density at radius 3 is 2.48 bits per heavy atom. The average Bonchev–Trinajstić information content (AvgIpc) is 2.74. The van der Waals surface area contributed by atoms with E-state index in [0.717, 1.165) is 11.1 Å². The number of H-pyrrole nitrogens is 1. The number of hydrogen-bond donors (Lipinski definition) is 2. The number of halogens is 1. The molecule has 0 atom stereocenters. The molecule has 0 aliphatic carbocycles. The lowest BCUT2D eigenvalue weighted by atomic mass is 10.1. The molecule has 150 valence electrons. The highest BCUT2D eigenvalue weighted by Crippen LogP contribution is 2.27. The Morgan fingerprint density at radius 2 is 1.83 bits per heavy atom. The maximum Gasteiger partial charge on any atom is 0.254 e. The molecule has 0 aliphatic rings. The van der Waals surface area contributed by atoms with E-state index in [2.05, 4.69) is 15.3 Å². The van der Waals surface area contributed by atoms with E-state index in [0.29, 0.717) is 28.9 Å². The minimum Gasteiger partial charge on any atom is -0.493 e. The van der Waals surface area contributed by atoms with E-state index in [-0.39, 0.29) is 23.5 Å². The van der Waals surface area contributed by atoms with Crippen molar-refractivity contribution in [1.82, 2.24) is 15.3 Å². The maximum atomic E-state index is 12.3. The van der Waals surface area contributed by atoms with Gasteiger partial charge in [0.05, 0.1) is 20.6 Å². The van der Waals surface area contributed by atoms with Crippen molar-refractivity contribution in [3.63, 3.8) is 0 Å². The summed E-state index contributed by atoms with van der Waals surface area (Å²) in [6, 6.07) is 12.3. The summed E-state index contributed by atoms with van der Waals surface area (Å²) in [5, 5.41) is 3.38. The lowest BCUT2D eigenvalue weighted by Gasteiger charge is -2.10. The summed E-state index contributed by atoms with van der Waals surface area (Å²) in [5.41, 5.74) is 1.51. The fourth-order valence-electron chi connectivity index (χ4n) is 2.73. The Balaban J connectivity index is 1.63. The standard InChI is InChI=1S/C21H20ClN3O4/c1-28-17-8-3-13(9-18(17)29-2)11-23-19(26)10-15-12-24-20(25-21(15)27)14-4-6-16(22)7-5-14/h3-9,12H,10-11H2,1-2H3,(H,23,26)(H,24,25,27). The van der Waals surface area contributed by atoms with Crippen LogP contribution in [0.4, 0.5) is 0 Å². The van der Waals surface area contributed by atoms with Gasteiger partial charge in [0.15, 0.2) is 11.5 Å². The van der Waals surface area contributed by atoms with Crippen LogP contribution in [0.15, 0.2) is 53.5 Å². The van der Waals surface area contributed by atoms with Crippen LogP contribution < -0.4 is 20.3 Å². The quantitative estimate of drug-likeness (QED) is 0.621. The molecule has 1 aromatic heterocycles. The number of nitrogens with zero attached hydrogens (tertiary/aromatic N) is 1. The van der Waals surface area contributed by atoms with Gasteiger partial charge in [-0.05, 0) is 42.0 Å². The van der Waals surface area contributed by atoms with Crippen molar-refractivity contribution in [2.75, 3.05) is 14.2 Å². The molecular formula is C21H20ClN3O4. The minimum absolute atomic E-state index is 0.0729. The number of benzene rings is 2. The van der Waals surface area contributed by atoms with Crippen LogP contribution in [0.3, 0.4) is 0 Å². The summed E-state index contributed by atoms with van der Waals surface area (Å²) in [4.78, 5) is 31.5. The zero-order valence-corrected chi connectivity index (χ0v) is 16.7. The van der Waals surface area contributed by atoms with Gasteiger partial charge in [-0.25, -0.2) is 4.98 Å². The van der Waals surface area contributed by atoms with Gasteiger partial charge >= 0.3 is 0 Å². The fraction of sp³-hybridized carbons (Fsp3) is 0.190. The van der Waals surface area contributed by atoms with E-state index in [9.17, 15) is 9.59 Å². The predicted octanol–water partition coefficient (Wildman–Crippen LogP) is 2.97. The van der Waals surface area contributed by atoms with Gasteiger partial charge in [-0.3, -0.25) is 9.59 Å². The summed E-state index contributed by atoms with van der Waals surface area (Å²) in [5.74, 6) is 1.33. The Hall–Kier alpha value is -3.32. The molecule has 1 heterocycles. The SMILES string of the molecule is COc1ccc(CNC(=O)Cc2cnc(-c3ccc(Cl)cc3)[nH]c2=O)cc1OC. The van der Waals surface area contributed by atoms with Gasteiger partial charge in [0.1, 0.15) is 5.82 Å². The Morgan fingerprint density at radius 1 is 1.10 bits per heavy atom. The predicted molar refractivity (Wildman–Crippen MR) is 110 cm³/mol. The zero-order valence-electron chi connectivity index (χ0n) is 16.0. The smallest absolute Gasteiger partial charge is 0.254 e. The third kappa shape index (κ3) is 5.14. The van der Waals surface area contributed by atoms with Gasteiger partial charge in [-0.1, -0.05) is 17.7 Å². The minimum atomic E-state index is -0.355. The highest BCUT2D eigenvalue weighted by atomic mass is 35.5. The number of carbonyl (C=O) groups is 1. The summed E-state index contributed by atoms with van der Waals surface area (Å²) in [7, 11) is 3.11. The van der Waals surface area contributed by atoms with Crippen molar-refractivity contribution in [1.29, 1.82) is 0 Å². The molecule has 8 heteroatoms. The number of amides is 1. The second-order valence-corrected chi connectivity index (χ2v) is 6.67. The topological polar surface area (TPSA) is 93.3 Å². The third-order valence-corrected chi connectivity index (χ3v) is 4.53. The van der Waals surface area contributed by atoms with Crippen LogP contribution in [0.5, 0.6) is 11.5 Å². The van der Waals surface area contributed by atoms with E-state index in [1.54, 1.807) is 50.6 Å². The van der Waals surface area contributed by atoms with E-state index >= 15 is 0 Å². The number of methoxy groups -OCH3 is 2. The maximum absolute atomic E-state index is 12.3. The lowest BCUT2D eigenvalue weighted by molar-refractivity contribution is -0.120. The van der Waals surface area contributed by atoms with Crippen molar-refractivity contribution < 1.29 is 14.3 Å². The number of hydrogen-bond acceptors (Lipinski definition) is 5. The van der Waals surface area contributed by atoms with Crippen LogP contribution in [0.1, 0.15) is 11.1 Å². The molecule has 3 aromatic rings. The molecule has 0 unspecified atom stereocenters. The van der Waals surface area contributed by atoms with Crippen molar-refractivity contribution in [3.8, 4) is 22.9 Å². The first-order valence-corrected chi connectivity index (χ1v) is 9.19. The van der Waals surface area contributed by atoms with Crippen molar-refractivity contribution in [2.24, 2.45) is 0 Å². The zero-order chi connectivity index (χ0) is 20.8. The molecule has 0 saturated carbocycles. The van der Waals surface area contributed by atoms with Gasteiger partial charge in [0.25, 0.3) is 5.56 Å². The average molecular weight is 414 g/mol. The first-order chi connectivity index (χ1) is 14.0. The van der Waals surface area contributed by atoms with Gasteiger partial charge in [0.2, 0.25) is 5.91 Å². The molecule has 29 heavy (non-hydrogen) atoms. The number of rotatable bonds is 7. The molecule has 2 N–H and O–H groups in total. The molecule has 2 aromatic carbocycles. The monoisotopic (exact) mass is 413 g/mol. The van der Waals surface area contributed by atoms with Crippen molar-refractivity contribution >= 4 is 17.5 Å². The summed E-state index contributed by atoms with van der Waals surface area (Å²) >= 11 is 5.87. The molecule has 0 bridgehead atoms. The van der Waals surface area contributed by atoms with E-state index in [4.69, 9.17) is 21.1 Å². The Bertz CT molecular complexity index is 1060. The third-order valence-electron chi connectivity index (χ3n) is 4.28. The number of ether oxygens (including phenoxy) is 2. The number of aromatic nitrogens is 2. The van der Waals surface area contributed by atoms with Crippen LogP contribution in [0.25, 0.3) is 11.4 Å². The fourth-order valence-corrected chi connectivity index (χ4v) is 2.85. The van der Waals surface area contributed by atoms with E-state index < -0.39 is 0 Å². The van der Waals surface area contributed by atoms with Gasteiger partial charge < -0.3 is 19.8 Å². The Labute approximate surface area is 172 Å². The van der Waals surface area contributed by atoms with Crippen LogP contribution >= 0.6 is 11.6 Å². The lowest BCUT2D eigenvalue weighted by Crippen LogP contribution is -2.27. The van der Waals surface area contributed by atoms with Crippen molar-refractivity contribution in [3.05, 3.63) is 75.2 Å². The molecular weight excluding hydrogens is 394 g/mol. The van der Waals surface area contributed by atoms with E-state index in [1.165, 1.54) is 6.20 Å². The second kappa shape index (κ2) is 9.25. The van der Waals surface area contributed by atoms with Crippen LogP contribution in [-0.2, 0) is 17.8 Å². The molecule has 0 fully saturated rings. The highest BCUT2D eigenvalue weighted by molar-refractivity contribution is 6.30. The first kappa shape index (κ1) is 20.4. The van der Waals surface area contributed by atoms with Gasteiger partial charge in [-0.2, -0.15) is 0 Å². The van der Waals surface area contributed by atoms with Crippen LogP contribution in [-0.4, -0.2) is 30.1 Å². The highest BCUT2D eigenvalue weighted by Gasteiger charge is 2.11. The second-order valence-electron chi connectivity index (χ2n) is 6.24. The number of nitrogens with one attached hydrogen (secondary N) is 2. The van der Waals surface area contributed by atoms with Crippen LogP contribution in [0, 0.1) is 0 Å². The molecule has 0 spiro atoms. The molecule has 0 saturated heterocycles. The molecule has 7 nitrogen and oxygen atoms in total. The number of aromatic amines is 1. The van der Waals surface area contributed by atoms with E-state index in [1.807, 2.05) is 6.07 Å². The Kier molecular flexibility index (Phi) is 6.51. The summed E-state index contributed by atoms with van der Waals surface area (Å²) in [6.45, 7) is 0.299. The summed E-state index contributed by atoms with van der Waals surface area (Å²) < 4.78 is 10.4. The molecule has 1 amide bonds.